The van der Waals surface area contributed by atoms with Crippen molar-refractivity contribution < 1.29 is 0 Å². The van der Waals surface area contributed by atoms with Gasteiger partial charge in [0.2, 0.25) is 0 Å². The number of rotatable bonds is 3. The van der Waals surface area contributed by atoms with Gasteiger partial charge in [-0.2, -0.15) is 5.10 Å². The van der Waals surface area contributed by atoms with E-state index in [1.807, 2.05) is 22.8 Å². The molecule has 96 valence electrons. The van der Waals surface area contributed by atoms with Gasteiger partial charge < -0.3 is 11.1 Å². The lowest BCUT2D eigenvalue weighted by molar-refractivity contribution is 0.371. The van der Waals surface area contributed by atoms with Gasteiger partial charge in [-0.05, 0) is 37.9 Å². The van der Waals surface area contributed by atoms with Crippen LogP contribution in [0.1, 0.15) is 24.2 Å². The second-order valence-electron chi connectivity index (χ2n) is 4.95. The molecule has 3 rings (SSSR count). The Morgan fingerprint density at radius 2 is 2.44 bits per heavy atom. The lowest BCUT2D eigenvalue weighted by Crippen LogP contribution is -2.31. The number of nitrogens with one attached hydrogen (secondary N) is 1. The minimum Gasteiger partial charge on any atom is -0.326 e. The van der Waals surface area contributed by atoms with Crippen molar-refractivity contribution in [2.24, 2.45) is 11.7 Å². The van der Waals surface area contributed by atoms with Gasteiger partial charge >= 0.3 is 0 Å². The first-order valence-corrected chi connectivity index (χ1v) is 6.61. The number of hydrogen-bond acceptors (Lipinski definition) is 4. The van der Waals surface area contributed by atoms with E-state index in [-0.39, 0.29) is 0 Å². The van der Waals surface area contributed by atoms with Crippen molar-refractivity contribution in [2.75, 3.05) is 13.1 Å². The average molecular weight is 245 g/mol. The zero-order valence-corrected chi connectivity index (χ0v) is 10.5. The van der Waals surface area contributed by atoms with Crippen LogP contribution in [0.15, 0.2) is 18.3 Å². The highest BCUT2D eigenvalue weighted by Crippen LogP contribution is 2.16. The molecule has 0 saturated carbocycles. The highest BCUT2D eigenvalue weighted by atomic mass is 15.3. The maximum absolute atomic E-state index is 5.72. The van der Waals surface area contributed by atoms with Crippen LogP contribution >= 0.6 is 0 Å². The average Bonchev–Trinajstić information content (AvgIpc) is 2.82. The Morgan fingerprint density at radius 3 is 3.22 bits per heavy atom. The van der Waals surface area contributed by atoms with E-state index in [1.54, 1.807) is 0 Å². The molecule has 0 radical (unpaired) electrons. The Bertz CT molecular complexity index is 527. The van der Waals surface area contributed by atoms with Gasteiger partial charge in [0.05, 0.1) is 0 Å². The minimum atomic E-state index is 0.507. The first-order chi connectivity index (χ1) is 8.86. The van der Waals surface area contributed by atoms with E-state index in [0.29, 0.717) is 12.5 Å². The van der Waals surface area contributed by atoms with E-state index < -0.39 is 0 Å². The smallest absolute Gasteiger partial charge is 0.160 e. The Kier molecular flexibility index (Phi) is 3.25. The molecular weight excluding hydrogens is 226 g/mol. The van der Waals surface area contributed by atoms with Gasteiger partial charge in [0.1, 0.15) is 0 Å². The third-order valence-corrected chi connectivity index (χ3v) is 3.58. The topological polar surface area (TPSA) is 68.2 Å². The molecule has 5 nitrogen and oxygen atoms in total. The maximum atomic E-state index is 5.72. The van der Waals surface area contributed by atoms with Crippen molar-refractivity contribution in [3.8, 4) is 0 Å². The minimum absolute atomic E-state index is 0.507. The maximum Gasteiger partial charge on any atom is 0.160 e. The molecule has 0 amide bonds. The molecule has 18 heavy (non-hydrogen) atoms. The molecule has 1 unspecified atom stereocenters. The van der Waals surface area contributed by atoms with Gasteiger partial charge in [-0.15, -0.1) is 0 Å². The van der Waals surface area contributed by atoms with Crippen molar-refractivity contribution in [3.63, 3.8) is 0 Å². The van der Waals surface area contributed by atoms with E-state index in [9.17, 15) is 0 Å². The van der Waals surface area contributed by atoms with Crippen molar-refractivity contribution in [1.82, 2.24) is 19.9 Å². The Hall–Kier alpha value is -1.46. The third-order valence-electron chi connectivity index (χ3n) is 3.58. The van der Waals surface area contributed by atoms with Crippen LogP contribution < -0.4 is 11.1 Å². The van der Waals surface area contributed by atoms with Gasteiger partial charge in [-0.25, -0.2) is 9.50 Å². The quantitative estimate of drug-likeness (QED) is 0.836. The molecule has 2 aromatic heterocycles. The number of nitrogens with zero attached hydrogens (tertiary/aromatic N) is 3. The largest absolute Gasteiger partial charge is 0.326 e. The van der Waals surface area contributed by atoms with E-state index in [1.165, 1.54) is 12.8 Å². The summed E-state index contributed by atoms with van der Waals surface area (Å²) in [6.07, 6.45) is 5.42. The summed E-state index contributed by atoms with van der Waals surface area (Å²) in [6.45, 7) is 2.74. The summed E-state index contributed by atoms with van der Waals surface area (Å²) in [7, 11) is 0. The normalized spacial score (nSPS) is 20.4. The van der Waals surface area contributed by atoms with Gasteiger partial charge in [0.15, 0.2) is 11.5 Å². The van der Waals surface area contributed by atoms with E-state index in [2.05, 4.69) is 15.4 Å². The predicted molar refractivity (Wildman–Crippen MR) is 70.2 cm³/mol. The first-order valence-electron chi connectivity index (χ1n) is 6.61. The monoisotopic (exact) mass is 245 g/mol. The fourth-order valence-electron chi connectivity index (χ4n) is 2.61. The van der Waals surface area contributed by atoms with Gasteiger partial charge in [0, 0.05) is 24.7 Å². The molecular formula is C13H19N5. The zero-order chi connectivity index (χ0) is 12.4. The predicted octanol–water partition coefficient (Wildman–Crippen LogP) is 0.730. The molecule has 1 aliphatic rings. The number of nitrogens with two attached hydrogens (primary N) is 1. The van der Waals surface area contributed by atoms with Gasteiger partial charge in [-0.3, -0.25) is 0 Å². The van der Waals surface area contributed by atoms with E-state index >= 15 is 0 Å². The van der Waals surface area contributed by atoms with Crippen LogP contribution in [-0.2, 0) is 13.0 Å². The second-order valence-corrected chi connectivity index (χ2v) is 4.95. The lowest BCUT2D eigenvalue weighted by Gasteiger charge is -2.21. The summed E-state index contributed by atoms with van der Waals surface area (Å²) in [5, 5.41) is 7.97. The van der Waals surface area contributed by atoms with Crippen LogP contribution in [0, 0.1) is 5.92 Å². The van der Waals surface area contributed by atoms with Crippen molar-refractivity contribution >= 4 is 5.65 Å². The molecule has 1 atom stereocenters. The van der Waals surface area contributed by atoms with Gasteiger partial charge in [-0.1, -0.05) is 6.07 Å². The molecule has 1 saturated heterocycles. The molecule has 3 heterocycles. The molecule has 0 aliphatic carbocycles. The van der Waals surface area contributed by atoms with Crippen LogP contribution in [0.3, 0.4) is 0 Å². The van der Waals surface area contributed by atoms with Crippen molar-refractivity contribution in [3.05, 3.63) is 29.7 Å². The van der Waals surface area contributed by atoms with Crippen LogP contribution in [0.5, 0.6) is 0 Å². The zero-order valence-electron chi connectivity index (χ0n) is 10.5. The molecule has 1 fully saturated rings. The molecule has 1 aliphatic heterocycles. The summed E-state index contributed by atoms with van der Waals surface area (Å²) >= 11 is 0. The first kappa shape index (κ1) is 11.6. The van der Waals surface area contributed by atoms with Crippen molar-refractivity contribution in [1.29, 1.82) is 0 Å². The van der Waals surface area contributed by atoms with Crippen LogP contribution in [-0.4, -0.2) is 27.7 Å². The van der Waals surface area contributed by atoms with E-state index in [4.69, 9.17) is 5.73 Å². The van der Waals surface area contributed by atoms with E-state index in [0.717, 1.165) is 36.5 Å². The second kappa shape index (κ2) is 5.04. The third kappa shape index (κ3) is 2.23. The standard InChI is InChI=1S/C13H19N5/c14-8-11-4-2-6-18-13(11)16-12(17-18)7-10-3-1-5-15-9-10/h2,4,6,10,15H,1,3,5,7-9,14H2. The van der Waals surface area contributed by atoms with Crippen molar-refractivity contribution in [2.45, 2.75) is 25.8 Å². The van der Waals surface area contributed by atoms with Crippen LogP contribution in [0.25, 0.3) is 5.65 Å². The van der Waals surface area contributed by atoms with Crippen LogP contribution in [0.2, 0.25) is 0 Å². The Labute approximate surface area is 106 Å². The molecule has 3 N–H and O–H groups in total. The number of aromatic nitrogens is 3. The fraction of sp³-hybridized carbons (Fsp3) is 0.538. The van der Waals surface area contributed by atoms with Gasteiger partial charge in [0.25, 0.3) is 0 Å². The Morgan fingerprint density at radius 1 is 1.50 bits per heavy atom. The van der Waals surface area contributed by atoms with Crippen LogP contribution in [0.4, 0.5) is 0 Å². The number of fused-ring (bicyclic) bond motifs is 1. The molecule has 5 heteroatoms. The Balaban J connectivity index is 1.84. The summed E-state index contributed by atoms with van der Waals surface area (Å²) in [4.78, 5) is 4.62. The summed E-state index contributed by atoms with van der Waals surface area (Å²) in [6, 6.07) is 3.98. The highest BCUT2D eigenvalue weighted by molar-refractivity contribution is 5.46. The highest BCUT2D eigenvalue weighted by Gasteiger charge is 2.16. The lowest BCUT2D eigenvalue weighted by atomic mass is 9.96. The summed E-state index contributed by atoms with van der Waals surface area (Å²) in [5.74, 6) is 1.60. The summed E-state index contributed by atoms with van der Waals surface area (Å²) in [5.41, 5.74) is 7.67. The summed E-state index contributed by atoms with van der Waals surface area (Å²) < 4.78 is 1.84. The SMILES string of the molecule is NCc1cccn2nc(CC3CCCNC3)nc12. The molecule has 0 bridgehead atoms. The molecule has 0 aromatic carbocycles. The molecule has 0 spiro atoms. The molecule has 2 aromatic rings. The fourth-order valence-corrected chi connectivity index (χ4v) is 2.61. The number of piperidine rings is 1. The number of pyridine rings is 1. The number of hydrogen-bond donors (Lipinski definition) is 2.